The highest BCUT2D eigenvalue weighted by Crippen LogP contribution is 2.33. The minimum absolute atomic E-state index is 0.00971. The smallest absolute Gasteiger partial charge is 0.385 e. The minimum atomic E-state index is -4.45. The fourth-order valence-electron chi connectivity index (χ4n) is 1.42. The third-order valence-electron chi connectivity index (χ3n) is 2.29. The van der Waals surface area contributed by atoms with Crippen molar-refractivity contribution < 1.29 is 17.9 Å². The number of nitrogens with one attached hydrogen (secondary N) is 2. The molecule has 0 amide bonds. The molecular weight excluding hydrogens is 313 g/mol. The molecule has 0 fully saturated rings. The maximum absolute atomic E-state index is 12.6. The number of methoxy groups -OCH3 is 1. The van der Waals surface area contributed by atoms with Crippen LogP contribution in [-0.2, 0) is 10.9 Å². The fourth-order valence-corrected chi connectivity index (χ4v) is 1.87. The Morgan fingerprint density at radius 3 is 2.65 bits per heavy atom. The van der Waals surface area contributed by atoms with E-state index in [0.29, 0.717) is 13.2 Å². The molecular formula is C12H14ClF3N2OS. The maximum Gasteiger partial charge on any atom is 0.416 e. The van der Waals surface area contributed by atoms with Crippen LogP contribution >= 0.6 is 23.8 Å². The summed E-state index contributed by atoms with van der Waals surface area (Å²) >= 11 is 10.6. The van der Waals surface area contributed by atoms with Crippen LogP contribution in [0.1, 0.15) is 12.0 Å². The van der Waals surface area contributed by atoms with Gasteiger partial charge in [0, 0.05) is 31.0 Å². The first-order valence-electron chi connectivity index (χ1n) is 5.74. The summed E-state index contributed by atoms with van der Waals surface area (Å²) in [5, 5.41) is 5.75. The normalized spacial score (nSPS) is 11.2. The lowest BCUT2D eigenvalue weighted by Gasteiger charge is -2.13. The molecule has 8 heteroatoms. The lowest BCUT2D eigenvalue weighted by atomic mass is 10.2. The number of rotatable bonds is 5. The highest BCUT2D eigenvalue weighted by Gasteiger charge is 2.31. The first-order valence-corrected chi connectivity index (χ1v) is 6.53. The van der Waals surface area contributed by atoms with Crippen molar-refractivity contribution >= 4 is 34.6 Å². The molecule has 20 heavy (non-hydrogen) atoms. The number of thiocarbonyl (C=S) groups is 1. The first kappa shape index (κ1) is 17.0. The lowest BCUT2D eigenvalue weighted by molar-refractivity contribution is -0.137. The monoisotopic (exact) mass is 326 g/mol. The molecule has 0 spiro atoms. The van der Waals surface area contributed by atoms with Crippen LogP contribution in [0, 0.1) is 0 Å². The van der Waals surface area contributed by atoms with Gasteiger partial charge >= 0.3 is 6.18 Å². The Kier molecular flexibility index (Phi) is 6.51. The molecule has 0 aliphatic carbocycles. The Morgan fingerprint density at radius 2 is 2.05 bits per heavy atom. The Bertz CT molecular complexity index is 469. The molecule has 0 unspecified atom stereocenters. The van der Waals surface area contributed by atoms with Gasteiger partial charge in [-0.2, -0.15) is 13.2 Å². The molecule has 112 valence electrons. The molecule has 0 radical (unpaired) electrons. The summed E-state index contributed by atoms with van der Waals surface area (Å²) in [7, 11) is 1.58. The molecule has 0 saturated carbocycles. The summed E-state index contributed by atoms with van der Waals surface area (Å²) in [6.07, 6.45) is -3.71. The molecule has 0 saturated heterocycles. The Hall–Kier alpha value is -1.05. The largest absolute Gasteiger partial charge is 0.416 e. The summed E-state index contributed by atoms with van der Waals surface area (Å²) in [6.45, 7) is 1.14. The SMILES string of the molecule is COCCCNC(=S)Nc1cc(Cl)cc(C(F)(F)F)c1. The molecule has 1 aromatic rings. The van der Waals surface area contributed by atoms with E-state index in [-0.39, 0.29) is 15.8 Å². The molecule has 1 rings (SSSR count). The van der Waals surface area contributed by atoms with Crippen molar-refractivity contribution in [3.63, 3.8) is 0 Å². The van der Waals surface area contributed by atoms with Gasteiger partial charge in [0.2, 0.25) is 0 Å². The van der Waals surface area contributed by atoms with Crippen LogP contribution in [0.5, 0.6) is 0 Å². The predicted octanol–water partition coefficient (Wildman–Crippen LogP) is 3.68. The third-order valence-corrected chi connectivity index (χ3v) is 2.76. The van der Waals surface area contributed by atoms with Gasteiger partial charge in [-0.15, -0.1) is 0 Å². The zero-order chi connectivity index (χ0) is 15.2. The molecule has 0 heterocycles. The quantitative estimate of drug-likeness (QED) is 0.639. The van der Waals surface area contributed by atoms with E-state index < -0.39 is 11.7 Å². The highest BCUT2D eigenvalue weighted by atomic mass is 35.5. The van der Waals surface area contributed by atoms with Crippen molar-refractivity contribution in [2.24, 2.45) is 0 Å². The number of anilines is 1. The van der Waals surface area contributed by atoms with E-state index in [1.165, 1.54) is 6.07 Å². The zero-order valence-corrected chi connectivity index (χ0v) is 12.3. The second-order valence-electron chi connectivity index (χ2n) is 3.95. The summed E-state index contributed by atoms with van der Waals surface area (Å²) in [5.41, 5.74) is -0.635. The number of halogens is 4. The van der Waals surface area contributed by atoms with E-state index >= 15 is 0 Å². The van der Waals surface area contributed by atoms with E-state index in [9.17, 15) is 13.2 Å². The lowest BCUT2D eigenvalue weighted by Crippen LogP contribution is -2.29. The van der Waals surface area contributed by atoms with Crippen LogP contribution in [-0.4, -0.2) is 25.4 Å². The van der Waals surface area contributed by atoms with E-state index in [4.69, 9.17) is 28.6 Å². The van der Waals surface area contributed by atoms with Gasteiger partial charge in [-0.1, -0.05) is 11.6 Å². The topological polar surface area (TPSA) is 33.3 Å². The van der Waals surface area contributed by atoms with Crippen molar-refractivity contribution in [3.8, 4) is 0 Å². The van der Waals surface area contributed by atoms with Gasteiger partial charge in [0.1, 0.15) is 0 Å². The van der Waals surface area contributed by atoms with Crippen LogP contribution in [0.4, 0.5) is 18.9 Å². The van der Waals surface area contributed by atoms with Gasteiger partial charge < -0.3 is 15.4 Å². The molecule has 2 N–H and O–H groups in total. The number of benzene rings is 1. The summed E-state index contributed by atoms with van der Waals surface area (Å²) in [4.78, 5) is 0. The number of hydrogen-bond acceptors (Lipinski definition) is 2. The summed E-state index contributed by atoms with van der Waals surface area (Å²) in [5.74, 6) is 0. The third kappa shape index (κ3) is 5.94. The maximum atomic E-state index is 12.6. The van der Waals surface area contributed by atoms with Gasteiger partial charge in [-0.3, -0.25) is 0 Å². The van der Waals surface area contributed by atoms with Crippen molar-refractivity contribution in [2.75, 3.05) is 25.6 Å². The van der Waals surface area contributed by atoms with Gasteiger partial charge in [-0.25, -0.2) is 0 Å². The fraction of sp³-hybridized carbons (Fsp3) is 0.417. The van der Waals surface area contributed by atoms with Crippen molar-refractivity contribution in [3.05, 3.63) is 28.8 Å². The molecule has 0 aromatic heterocycles. The van der Waals surface area contributed by atoms with Crippen molar-refractivity contribution in [2.45, 2.75) is 12.6 Å². The number of ether oxygens (including phenoxy) is 1. The van der Waals surface area contributed by atoms with Crippen molar-refractivity contribution in [1.29, 1.82) is 0 Å². The molecule has 1 aromatic carbocycles. The van der Waals surface area contributed by atoms with Gasteiger partial charge in [0.05, 0.1) is 5.56 Å². The molecule has 0 bridgehead atoms. The van der Waals surface area contributed by atoms with Crippen LogP contribution < -0.4 is 10.6 Å². The Balaban J connectivity index is 2.63. The summed E-state index contributed by atoms with van der Waals surface area (Å²) in [6, 6.07) is 3.19. The molecule has 0 aliphatic heterocycles. The Labute approximate surface area is 125 Å². The number of hydrogen-bond donors (Lipinski definition) is 2. The number of alkyl halides is 3. The first-order chi connectivity index (χ1) is 9.32. The second-order valence-corrected chi connectivity index (χ2v) is 4.80. The average molecular weight is 327 g/mol. The van der Waals surface area contributed by atoms with E-state index in [2.05, 4.69) is 10.6 Å². The van der Waals surface area contributed by atoms with Gasteiger partial charge in [0.15, 0.2) is 5.11 Å². The van der Waals surface area contributed by atoms with E-state index in [0.717, 1.165) is 18.6 Å². The highest BCUT2D eigenvalue weighted by molar-refractivity contribution is 7.80. The van der Waals surface area contributed by atoms with E-state index in [1.54, 1.807) is 7.11 Å². The predicted molar refractivity (Wildman–Crippen MR) is 77.2 cm³/mol. The summed E-state index contributed by atoms with van der Waals surface area (Å²) < 4.78 is 42.7. The van der Waals surface area contributed by atoms with Crippen LogP contribution in [0.2, 0.25) is 5.02 Å². The van der Waals surface area contributed by atoms with Crippen molar-refractivity contribution in [1.82, 2.24) is 5.32 Å². The average Bonchev–Trinajstić information content (AvgIpc) is 2.33. The van der Waals surface area contributed by atoms with E-state index in [1.807, 2.05) is 0 Å². The molecule has 0 atom stereocenters. The van der Waals surface area contributed by atoms with Crippen LogP contribution in [0.25, 0.3) is 0 Å². The minimum Gasteiger partial charge on any atom is -0.385 e. The standard InChI is InChI=1S/C12H14ClF3N2OS/c1-19-4-2-3-17-11(20)18-10-6-8(12(14,15)16)5-9(13)7-10/h5-7H,2-4H2,1H3,(H2,17,18,20). The van der Waals surface area contributed by atoms with Gasteiger partial charge in [-0.05, 0) is 36.8 Å². The molecule has 0 aliphatic rings. The Morgan fingerprint density at radius 1 is 1.35 bits per heavy atom. The van der Waals surface area contributed by atoms with Gasteiger partial charge in [0.25, 0.3) is 0 Å². The van der Waals surface area contributed by atoms with Crippen LogP contribution in [0.3, 0.4) is 0 Å². The zero-order valence-electron chi connectivity index (χ0n) is 10.7. The van der Waals surface area contributed by atoms with Crippen LogP contribution in [0.15, 0.2) is 18.2 Å². The molecule has 3 nitrogen and oxygen atoms in total. The second kappa shape index (κ2) is 7.66.